The van der Waals surface area contributed by atoms with Crippen LogP contribution in [-0.2, 0) is 14.9 Å². The molecule has 0 saturated carbocycles. The maximum atomic E-state index is 12.4. The molecule has 0 bridgehead atoms. The lowest BCUT2D eigenvalue weighted by molar-refractivity contribution is -0.117. The van der Waals surface area contributed by atoms with Crippen molar-refractivity contribution in [2.75, 3.05) is 18.6 Å². The molecule has 1 aliphatic heterocycles. The van der Waals surface area contributed by atoms with Crippen LogP contribution in [0.4, 0.5) is 5.69 Å². The number of carbonyl (C=O) groups excluding carboxylic acids is 2. The number of ketones is 1. The standard InChI is InChI=1S/C20H18Cl2N2O3/c1-20(2)14-6-4-5-7-16(14)24(3)17(20)9-13(25)11-27-19(26)12-8-15(21)18(22)23-10-12/h4-10H,11H2,1-3H3/b17-9-. The Morgan fingerprint density at radius 3 is 2.63 bits per heavy atom. The largest absolute Gasteiger partial charge is 0.454 e. The van der Waals surface area contributed by atoms with Gasteiger partial charge in [0.1, 0.15) is 5.15 Å². The Kier molecular flexibility index (Phi) is 5.27. The highest BCUT2D eigenvalue weighted by Gasteiger charge is 2.38. The maximum Gasteiger partial charge on any atom is 0.340 e. The van der Waals surface area contributed by atoms with Crippen molar-refractivity contribution in [2.45, 2.75) is 19.3 Å². The smallest absolute Gasteiger partial charge is 0.340 e. The topological polar surface area (TPSA) is 59.5 Å². The molecule has 140 valence electrons. The van der Waals surface area contributed by atoms with E-state index < -0.39 is 5.97 Å². The SMILES string of the molecule is CN1/C(=C\C(=O)COC(=O)c2cnc(Cl)c(Cl)c2)C(C)(C)c2ccccc21. The van der Waals surface area contributed by atoms with Crippen LogP contribution in [0.3, 0.4) is 0 Å². The molecular weight excluding hydrogens is 387 g/mol. The molecule has 0 amide bonds. The zero-order valence-corrected chi connectivity index (χ0v) is 16.6. The molecule has 0 spiro atoms. The van der Waals surface area contributed by atoms with Gasteiger partial charge >= 0.3 is 5.97 Å². The summed E-state index contributed by atoms with van der Waals surface area (Å²) in [5, 5.41) is 0.242. The molecule has 2 heterocycles. The van der Waals surface area contributed by atoms with Crippen molar-refractivity contribution in [2.24, 2.45) is 0 Å². The fraction of sp³-hybridized carbons (Fsp3) is 0.250. The number of aromatic nitrogens is 1. The van der Waals surface area contributed by atoms with Gasteiger partial charge < -0.3 is 9.64 Å². The minimum Gasteiger partial charge on any atom is -0.454 e. The van der Waals surface area contributed by atoms with Crippen molar-refractivity contribution >= 4 is 40.6 Å². The number of benzene rings is 1. The number of para-hydroxylation sites is 1. The van der Waals surface area contributed by atoms with Crippen LogP contribution in [0.2, 0.25) is 10.2 Å². The van der Waals surface area contributed by atoms with Gasteiger partial charge in [0.2, 0.25) is 0 Å². The van der Waals surface area contributed by atoms with Crippen molar-refractivity contribution in [1.82, 2.24) is 4.98 Å². The number of carbonyl (C=O) groups is 2. The van der Waals surface area contributed by atoms with E-state index >= 15 is 0 Å². The molecule has 1 aromatic carbocycles. The maximum absolute atomic E-state index is 12.4. The van der Waals surface area contributed by atoms with Gasteiger partial charge in [0.25, 0.3) is 0 Å². The number of fused-ring (bicyclic) bond motifs is 1. The van der Waals surface area contributed by atoms with Gasteiger partial charge in [-0.2, -0.15) is 0 Å². The molecule has 1 aromatic heterocycles. The van der Waals surface area contributed by atoms with Gasteiger partial charge in [0.05, 0.1) is 10.6 Å². The van der Waals surface area contributed by atoms with E-state index in [1.807, 2.05) is 30.1 Å². The fourth-order valence-corrected chi connectivity index (χ4v) is 3.48. The lowest BCUT2D eigenvalue weighted by atomic mass is 9.83. The highest BCUT2D eigenvalue weighted by molar-refractivity contribution is 6.41. The molecular formula is C20H18Cl2N2O3. The first-order chi connectivity index (χ1) is 12.7. The van der Waals surface area contributed by atoms with Gasteiger partial charge in [-0.3, -0.25) is 4.79 Å². The third kappa shape index (κ3) is 3.70. The molecule has 1 aliphatic rings. The van der Waals surface area contributed by atoms with E-state index in [4.69, 9.17) is 27.9 Å². The van der Waals surface area contributed by atoms with Crippen LogP contribution in [0, 0.1) is 0 Å². The first-order valence-corrected chi connectivity index (χ1v) is 9.04. The minimum absolute atomic E-state index is 0.0973. The lowest BCUT2D eigenvalue weighted by Gasteiger charge is -2.23. The first kappa shape index (κ1) is 19.4. The van der Waals surface area contributed by atoms with Crippen molar-refractivity contribution in [3.05, 3.63) is 69.6 Å². The Morgan fingerprint density at radius 1 is 1.26 bits per heavy atom. The normalized spacial score (nSPS) is 16.3. The summed E-state index contributed by atoms with van der Waals surface area (Å²) in [6.45, 7) is 3.74. The summed E-state index contributed by atoms with van der Waals surface area (Å²) >= 11 is 11.6. The third-order valence-electron chi connectivity index (χ3n) is 4.62. The summed E-state index contributed by atoms with van der Waals surface area (Å²) in [6.07, 6.45) is 2.78. The van der Waals surface area contributed by atoms with Crippen LogP contribution in [0.15, 0.2) is 48.3 Å². The summed E-state index contributed by atoms with van der Waals surface area (Å²) in [4.78, 5) is 30.2. The molecule has 3 rings (SSSR count). The van der Waals surface area contributed by atoms with E-state index in [9.17, 15) is 9.59 Å². The number of rotatable bonds is 4. The van der Waals surface area contributed by atoms with Crippen LogP contribution in [0.5, 0.6) is 0 Å². The second-order valence-corrected chi connectivity index (χ2v) is 7.54. The van der Waals surface area contributed by atoms with Gasteiger partial charge in [-0.05, 0) is 17.7 Å². The molecule has 2 aromatic rings. The van der Waals surface area contributed by atoms with Gasteiger partial charge in [0.15, 0.2) is 12.4 Å². The lowest BCUT2D eigenvalue weighted by Crippen LogP contribution is -2.25. The molecule has 0 saturated heterocycles. The van der Waals surface area contributed by atoms with Crippen molar-refractivity contribution in [3.8, 4) is 0 Å². The number of anilines is 1. The second-order valence-electron chi connectivity index (χ2n) is 6.77. The van der Waals surface area contributed by atoms with E-state index in [2.05, 4.69) is 24.9 Å². The molecule has 7 heteroatoms. The van der Waals surface area contributed by atoms with Gasteiger partial charge in [0, 0.05) is 36.1 Å². The number of halogens is 2. The predicted molar refractivity (Wildman–Crippen MR) is 106 cm³/mol. The second kappa shape index (κ2) is 7.33. The number of pyridine rings is 1. The highest BCUT2D eigenvalue weighted by atomic mass is 35.5. The van der Waals surface area contributed by atoms with E-state index in [1.165, 1.54) is 18.3 Å². The van der Waals surface area contributed by atoms with Gasteiger partial charge in [-0.15, -0.1) is 0 Å². The third-order valence-corrected chi connectivity index (χ3v) is 5.30. The Labute approximate surface area is 167 Å². The Hall–Kier alpha value is -2.37. The first-order valence-electron chi connectivity index (χ1n) is 8.28. The average molecular weight is 405 g/mol. The molecule has 5 nitrogen and oxygen atoms in total. The Bertz CT molecular complexity index is 954. The molecule has 0 N–H and O–H groups in total. The average Bonchev–Trinajstić information content (AvgIpc) is 2.83. The number of ether oxygens (including phenoxy) is 1. The number of nitrogens with zero attached hydrogens (tertiary/aromatic N) is 2. The Morgan fingerprint density at radius 2 is 1.96 bits per heavy atom. The zero-order valence-electron chi connectivity index (χ0n) is 15.1. The van der Waals surface area contributed by atoms with Crippen LogP contribution in [-0.4, -0.2) is 30.4 Å². The van der Waals surface area contributed by atoms with Crippen molar-refractivity contribution in [3.63, 3.8) is 0 Å². The molecule has 27 heavy (non-hydrogen) atoms. The summed E-state index contributed by atoms with van der Waals surface area (Å²) in [6, 6.07) is 9.36. The van der Waals surface area contributed by atoms with Crippen molar-refractivity contribution < 1.29 is 14.3 Å². The van der Waals surface area contributed by atoms with E-state index in [0.717, 1.165) is 16.9 Å². The number of likely N-dealkylation sites (N-methyl/N-ethyl adjacent to an activating group) is 1. The monoisotopic (exact) mass is 404 g/mol. The summed E-state index contributed by atoms with van der Waals surface area (Å²) in [5.41, 5.74) is 2.86. The van der Waals surface area contributed by atoms with Crippen LogP contribution < -0.4 is 4.90 Å². The molecule has 0 aliphatic carbocycles. The van der Waals surface area contributed by atoms with Crippen LogP contribution >= 0.6 is 23.2 Å². The van der Waals surface area contributed by atoms with Gasteiger partial charge in [-0.25, -0.2) is 9.78 Å². The van der Waals surface area contributed by atoms with Crippen LogP contribution in [0.1, 0.15) is 29.8 Å². The predicted octanol–water partition coefficient (Wildman–Crippen LogP) is 4.43. The van der Waals surface area contributed by atoms with E-state index in [1.54, 1.807) is 0 Å². The fourth-order valence-electron chi connectivity index (χ4n) is 3.21. The Balaban J connectivity index is 1.72. The van der Waals surface area contributed by atoms with Crippen LogP contribution in [0.25, 0.3) is 0 Å². The minimum atomic E-state index is -0.685. The molecule has 0 atom stereocenters. The zero-order chi connectivity index (χ0) is 19.8. The summed E-state index contributed by atoms with van der Waals surface area (Å²) in [5.74, 6) is -0.991. The van der Waals surface area contributed by atoms with Gasteiger partial charge in [-0.1, -0.05) is 55.2 Å². The number of esters is 1. The quantitative estimate of drug-likeness (QED) is 0.428. The number of allylic oxidation sites excluding steroid dienone is 1. The summed E-state index contributed by atoms with van der Waals surface area (Å²) in [7, 11) is 1.92. The summed E-state index contributed by atoms with van der Waals surface area (Å²) < 4.78 is 5.08. The number of hydrogen-bond acceptors (Lipinski definition) is 5. The molecule has 0 radical (unpaired) electrons. The van der Waals surface area contributed by atoms with E-state index in [-0.39, 0.29) is 33.5 Å². The number of hydrogen-bond donors (Lipinski definition) is 0. The molecule has 0 fully saturated rings. The van der Waals surface area contributed by atoms with E-state index in [0.29, 0.717) is 0 Å². The molecule has 0 unspecified atom stereocenters. The highest BCUT2D eigenvalue weighted by Crippen LogP contribution is 2.46. The van der Waals surface area contributed by atoms with Crippen molar-refractivity contribution in [1.29, 1.82) is 0 Å².